The summed E-state index contributed by atoms with van der Waals surface area (Å²) in [6, 6.07) is 10.6. The molecule has 1 atom stereocenters. The van der Waals surface area contributed by atoms with Crippen molar-refractivity contribution in [2.45, 2.75) is 65.5 Å². The van der Waals surface area contributed by atoms with Gasteiger partial charge in [-0.3, -0.25) is 14.4 Å². The number of rotatable bonds is 11. The maximum absolute atomic E-state index is 13.6. The number of benzene rings is 2. The van der Waals surface area contributed by atoms with E-state index in [1.165, 1.54) is 4.80 Å². The average Bonchev–Trinajstić information content (AvgIpc) is 3.53. The molecule has 0 saturated heterocycles. The van der Waals surface area contributed by atoms with E-state index in [4.69, 9.17) is 5.11 Å². The van der Waals surface area contributed by atoms with Crippen LogP contribution in [-0.4, -0.2) is 54.7 Å². The normalized spacial score (nSPS) is 12.1. The third kappa shape index (κ3) is 6.36. The number of aromatic nitrogens is 5. The van der Waals surface area contributed by atoms with E-state index < -0.39 is 12.0 Å². The first kappa shape index (κ1) is 28.5. The predicted molar refractivity (Wildman–Crippen MR) is 151 cm³/mol. The van der Waals surface area contributed by atoms with Crippen LogP contribution < -0.4 is 10.6 Å². The molecule has 4 aromatic rings. The first-order valence-electron chi connectivity index (χ1n) is 13.3. The molecule has 0 fully saturated rings. The van der Waals surface area contributed by atoms with E-state index in [9.17, 15) is 14.4 Å². The van der Waals surface area contributed by atoms with Gasteiger partial charge in [-0.2, -0.15) is 4.80 Å². The number of nitrogens with zero attached hydrogens (tertiary/aromatic N) is 5. The van der Waals surface area contributed by atoms with Crippen LogP contribution >= 0.6 is 0 Å². The summed E-state index contributed by atoms with van der Waals surface area (Å²) in [5, 5.41) is 28.4. The summed E-state index contributed by atoms with van der Waals surface area (Å²) in [5.74, 6) is -0.488. The summed E-state index contributed by atoms with van der Waals surface area (Å²) in [4.78, 5) is 38.4. The number of nitrogens with one attached hydrogen (secondary N) is 2. The number of carboxylic acid groups (broad SMARTS) is 1. The Bertz CT molecular complexity index is 1550. The summed E-state index contributed by atoms with van der Waals surface area (Å²) >= 11 is 0. The number of aryl methyl sites for hydroxylation is 2. The van der Waals surface area contributed by atoms with Gasteiger partial charge in [0.15, 0.2) is 5.82 Å². The number of fused-ring (bicyclic) bond motifs is 1. The van der Waals surface area contributed by atoms with Crippen molar-refractivity contribution in [1.82, 2.24) is 30.1 Å². The maximum atomic E-state index is 13.6. The molecule has 0 aliphatic rings. The monoisotopic (exact) mass is 545 g/mol. The molecule has 11 nitrogen and oxygen atoms in total. The molecular weight excluding hydrogens is 510 g/mol. The maximum Gasteiger partial charge on any atom is 0.303 e. The zero-order valence-electron chi connectivity index (χ0n) is 23.4. The Hall–Kier alpha value is -4.54. The second-order valence-electron chi connectivity index (χ2n) is 10.3. The summed E-state index contributed by atoms with van der Waals surface area (Å²) in [6.07, 6.45) is 2.89. The standard InChI is InChI=1S/C29H35N7O4/c1-17(2)27-32-34-36(33-27)16-20-9-10-21(7-6-8-26(37)38)24(13-20)31-28(39)19(4)35-15-18(3)23-12-11-22(14-25(23)35)29(40)30-5/h9-15,17,19H,6-8,16H2,1-5H3,(H,30,40)(H,31,39)(H,37,38). The smallest absolute Gasteiger partial charge is 0.303 e. The van der Waals surface area contributed by atoms with Crippen LogP contribution in [0.5, 0.6) is 0 Å². The Labute approximate surface area is 232 Å². The molecule has 2 amide bonds. The Morgan fingerprint density at radius 3 is 2.52 bits per heavy atom. The van der Waals surface area contributed by atoms with Gasteiger partial charge in [0.05, 0.1) is 6.54 Å². The lowest BCUT2D eigenvalue weighted by atomic mass is 10.0. The van der Waals surface area contributed by atoms with Crippen LogP contribution in [0.3, 0.4) is 0 Å². The second kappa shape index (κ2) is 12.1. The number of hydrogen-bond acceptors (Lipinski definition) is 6. The molecule has 0 bridgehead atoms. The number of carboxylic acids is 1. The van der Waals surface area contributed by atoms with Crippen molar-refractivity contribution in [2.75, 3.05) is 12.4 Å². The van der Waals surface area contributed by atoms with E-state index in [1.54, 1.807) is 19.2 Å². The molecule has 0 spiro atoms. The quantitative estimate of drug-likeness (QED) is 0.258. The molecule has 1 unspecified atom stereocenters. The fourth-order valence-corrected chi connectivity index (χ4v) is 4.60. The van der Waals surface area contributed by atoms with Gasteiger partial charge in [0.1, 0.15) is 6.04 Å². The number of carbonyl (C=O) groups excluding carboxylic acids is 2. The van der Waals surface area contributed by atoms with Gasteiger partial charge in [-0.1, -0.05) is 32.0 Å². The lowest BCUT2D eigenvalue weighted by Crippen LogP contribution is -2.24. The summed E-state index contributed by atoms with van der Waals surface area (Å²) in [6.45, 7) is 8.14. The molecule has 2 aromatic carbocycles. The summed E-state index contributed by atoms with van der Waals surface area (Å²) in [5.41, 5.74) is 4.62. The van der Waals surface area contributed by atoms with Gasteiger partial charge in [0.2, 0.25) is 5.91 Å². The zero-order chi connectivity index (χ0) is 29.0. The van der Waals surface area contributed by atoms with Gasteiger partial charge in [-0.25, -0.2) is 0 Å². The minimum atomic E-state index is -0.861. The van der Waals surface area contributed by atoms with E-state index >= 15 is 0 Å². The Balaban J connectivity index is 1.62. The van der Waals surface area contributed by atoms with E-state index in [0.717, 1.165) is 27.6 Å². The van der Waals surface area contributed by atoms with Gasteiger partial charge in [0, 0.05) is 47.7 Å². The minimum absolute atomic E-state index is 0.0364. The summed E-state index contributed by atoms with van der Waals surface area (Å²) < 4.78 is 1.87. The molecule has 0 aliphatic carbocycles. The molecule has 0 saturated carbocycles. The van der Waals surface area contributed by atoms with Crippen molar-refractivity contribution in [3.8, 4) is 0 Å². The zero-order valence-corrected chi connectivity index (χ0v) is 23.4. The van der Waals surface area contributed by atoms with E-state index in [0.29, 0.717) is 36.5 Å². The van der Waals surface area contributed by atoms with Gasteiger partial charge >= 0.3 is 5.97 Å². The van der Waals surface area contributed by atoms with Crippen molar-refractivity contribution >= 4 is 34.4 Å². The fourth-order valence-electron chi connectivity index (χ4n) is 4.60. The molecule has 11 heteroatoms. The van der Waals surface area contributed by atoms with Gasteiger partial charge < -0.3 is 20.3 Å². The topological polar surface area (TPSA) is 144 Å². The third-order valence-corrected chi connectivity index (χ3v) is 6.90. The van der Waals surface area contributed by atoms with Crippen LogP contribution in [0.15, 0.2) is 42.6 Å². The number of amides is 2. The van der Waals surface area contributed by atoms with Crippen LogP contribution in [0.4, 0.5) is 5.69 Å². The molecule has 3 N–H and O–H groups in total. The third-order valence-electron chi connectivity index (χ3n) is 6.90. The molecule has 0 aliphatic heterocycles. The van der Waals surface area contributed by atoms with Crippen LogP contribution in [-0.2, 0) is 22.6 Å². The predicted octanol–water partition coefficient (Wildman–Crippen LogP) is 4.07. The van der Waals surface area contributed by atoms with Crippen molar-refractivity contribution < 1.29 is 19.5 Å². The number of anilines is 1. The number of carbonyl (C=O) groups is 3. The Kier molecular flexibility index (Phi) is 8.61. The fraction of sp³-hybridized carbons (Fsp3) is 0.379. The van der Waals surface area contributed by atoms with Crippen LogP contribution in [0.1, 0.15) is 78.4 Å². The highest BCUT2D eigenvalue weighted by Crippen LogP contribution is 2.27. The first-order valence-corrected chi connectivity index (χ1v) is 13.3. The number of aliphatic carboxylic acids is 1. The van der Waals surface area contributed by atoms with E-state index in [2.05, 4.69) is 26.0 Å². The lowest BCUT2D eigenvalue weighted by Gasteiger charge is -2.18. The molecule has 40 heavy (non-hydrogen) atoms. The van der Waals surface area contributed by atoms with Gasteiger partial charge in [-0.15, -0.1) is 10.2 Å². The second-order valence-corrected chi connectivity index (χ2v) is 10.3. The molecule has 2 heterocycles. The highest BCUT2D eigenvalue weighted by Gasteiger charge is 2.21. The van der Waals surface area contributed by atoms with E-state index in [-0.39, 0.29) is 24.2 Å². The molecular formula is C29H35N7O4. The Morgan fingerprint density at radius 1 is 1.07 bits per heavy atom. The lowest BCUT2D eigenvalue weighted by molar-refractivity contribution is -0.137. The molecule has 2 aromatic heterocycles. The molecule has 4 rings (SSSR count). The number of tetrazole rings is 1. The van der Waals surface area contributed by atoms with Crippen molar-refractivity contribution in [3.05, 3.63) is 70.7 Å². The van der Waals surface area contributed by atoms with Crippen LogP contribution in [0.25, 0.3) is 10.9 Å². The van der Waals surface area contributed by atoms with Crippen molar-refractivity contribution in [2.24, 2.45) is 0 Å². The highest BCUT2D eigenvalue weighted by molar-refractivity contribution is 6.00. The SMILES string of the molecule is CNC(=O)c1ccc2c(C)cn(C(C)C(=O)Nc3cc(Cn4nnc(C(C)C)n4)ccc3CCCC(=O)O)c2c1. The number of hydrogen-bond donors (Lipinski definition) is 3. The van der Waals surface area contributed by atoms with Crippen molar-refractivity contribution in [3.63, 3.8) is 0 Å². The van der Waals surface area contributed by atoms with Crippen molar-refractivity contribution in [1.29, 1.82) is 0 Å². The molecule has 210 valence electrons. The largest absolute Gasteiger partial charge is 0.481 e. The van der Waals surface area contributed by atoms with E-state index in [1.807, 2.05) is 62.7 Å². The highest BCUT2D eigenvalue weighted by atomic mass is 16.4. The first-order chi connectivity index (χ1) is 19.1. The molecule has 0 radical (unpaired) electrons. The average molecular weight is 546 g/mol. The summed E-state index contributed by atoms with van der Waals surface area (Å²) in [7, 11) is 1.58. The van der Waals surface area contributed by atoms with Gasteiger partial charge in [0.25, 0.3) is 5.91 Å². The van der Waals surface area contributed by atoms with Crippen LogP contribution in [0.2, 0.25) is 0 Å². The Morgan fingerprint density at radius 2 is 1.85 bits per heavy atom. The minimum Gasteiger partial charge on any atom is -0.481 e. The van der Waals surface area contributed by atoms with Crippen LogP contribution in [0, 0.1) is 6.92 Å². The van der Waals surface area contributed by atoms with Gasteiger partial charge in [-0.05, 0) is 66.8 Å².